The van der Waals surface area contributed by atoms with E-state index in [-0.39, 0.29) is 21.7 Å². The largest absolute Gasteiger partial charge is 0.462 e. The van der Waals surface area contributed by atoms with E-state index in [0.717, 1.165) is 39.9 Å². The van der Waals surface area contributed by atoms with Gasteiger partial charge in [0.05, 0.1) is 5.69 Å². The SMILES string of the molecule is Cc1cc2c(cc1N(c1cc(Cl)cc(-c3ccccc3)c1)c1coc3cc4c(cc13)C(C)(C)CCC4(C)C)C(C)(C)CCC2(C)C. The molecule has 0 atom stereocenters. The van der Waals surface area contributed by atoms with Gasteiger partial charge in [0.25, 0.3) is 0 Å². The third-order valence-electron chi connectivity index (χ3n) is 11.4. The smallest absolute Gasteiger partial charge is 0.136 e. The highest BCUT2D eigenvalue weighted by Crippen LogP contribution is 2.52. The van der Waals surface area contributed by atoms with Crippen LogP contribution >= 0.6 is 11.6 Å². The van der Waals surface area contributed by atoms with Gasteiger partial charge in [-0.25, -0.2) is 0 Å². The number of fused-ring (bicyclic) bond motifs is 3. The topological polar surface area (TPSA) is 16.4 Å². The van der Waals surface area contributed by atoms with Crippen LogP contribution in [0, 0.1) is 6.92 Å². The van der Waals surface area contributed by atoms with Gasteiger partial charge < -0.3 is 9.32 Å². The molecule has 0 bridgehead atoms. The van der Waals surface area contributed by atoms with Gasteiger partial charge in [0.2, 0.25) is 0 Å². The van der Waals surface area contributed by atoms with E-state index in [9.17, 15) is 0 Å². The van der Waals surface area contributed by atoms with E-state index in [1.54, 1.807) is 0 Å². The normalized spacial score (nSPS) is 19.0. The predicted octanol–water partition coefficient (Wildman–Crippen LogP) is 13.2. The van der Waals surface area contributed by atoms with Crippen molar-refractivity contribution in [1.29, 1.82) is 0 Å². The number of nitrogens with zero attached hydrogens (tertiary/aromatic N) is 1. The average Bonchev–Trinajstić information content (AvgIpc) is 3.41. The number of benzene rings is 4. The highest BCUT2D eigenvalue weighted by atomic mass is 35.5. The van der Waals surface area contributed by atoms with Crippen LogP contribution in [0.2, 0.25) is 5.02 Å². The predicted molar refractivity (Wildman–Crippen MR) is 197 cm³/mol. The van der Waals surface area contributed by atoms with E-state index in [0.29, 0.717) is 5.02 Å². The number of aryl methyl sites for hydroxylation is 1. The van der Waals surface area contributed by atoms with Crippen molar-refractivity contribution in [1.82, 2.24) is 0 Å². The zero-order valence-electron chi connectivity index (χ0n) is 29.1. The van der Waals surface area contributed by atoms with Crippen LogP contribution in [0.4, 0.5) is 17.1 Å². The number of hydrogen-bond donors (Lipinski definition) is 0. The summed E-state index contributed by atoms with van der Waals surface area (Å²) in [5.74, 6) is 0. The van der Waals surface area contributed by atoms with Gasteiger partial charge in [-0.3, -0.25) is 0 Å². The Kier molecular flexibility index (Phi) is 7.11. The van der Waals surface area contributed by atoms with Crippen LogP contribution in [0.3, 0.4) is 0 Å². The second kappa shape index (κ2) is 10.5. The fourth-order valence-corrected chi connectivity index (χ4v) is 8.34. The summed E-state index contributed by atoms with van der Waals surface area (Å²) < 4.78 is 6.50. The van der Waals surface area contributed by atoms with Crippen molar-refractivity contribution in [3.05, 3.63) is 112 Å². The summed E-state index contributed by atoms with van der Waals surface area (Å²) in [7, 11) is 0. The highest BCUT2D eigenvalue weighted by molar-refractivity contribution is 6.31. The summed E-state index contributed by atoms with van der Waals surface area (Å²) in [6.07, 6.45) is 6.65. The number of anilines is 3. The molecule has 7 rings (SSSR count). The minimum atomic E-state index is 0.0790. The Morgan fingerprint density at radius 1 is 0.587 bits per heavy atom. The van der Waals surface area contributed by atoms with Crippen LogP contribution in [0.1, 0.15) is 109 Å². The van der Waals surface area contributed by atoms with E-state index < -0.39 is 0 Å². The van der Waals surface area contributed by atoms with Crippen molar-refractivity contribution in [2.45, 2.75) is 110 Å². The molecule has 0 unspecified atom stereocenters. The third kappa shape index (κ3) is 5.09. The monoisotopic (exact) mass is 629 g/mol. The summed E-state index contributed by atoms with van der Waals surface area (Å²) in [6, 6.07) is 26.7. The molecule has 1 aromatic heterocycles. The second-order valence-corrected chi connectivity index (χ2v) is 17.1. The fourth-order valence-electron chi connectivity index (χ4n) is 8.11. The molecular weight excluding hydrogens is 582 g/mol. The fraction of sp³-hybridized carbons (Fsp3) is 0.395. The molecule has 5 aromatic rings. The van der Waals surface area contributed by atoms with E-state index in [1.807, 2.05) is 6.26 Å². The Bertz CT molecular complexity index is 1970. The lowest BCUT2D eigenvalue weighted by Crippen LogP contribution is -2.34. The molecule has 2 aliphatic rings. The molecule has 238 valence electrons. The first-order chi connectivity index (χ1) is 21.6. The first-order valence-corrected chi connectivity index (χ1v) is 17.3. The van der Waals surface area contributed by atoms with Crippen molar-refractivity contribution in [2.75, 3.05) is 4.90 Å². The Hall–Kier alpha value is -3.49. The molecule has 0 N–H and O–H groups in total. The molecule has 3 heteroatoms. The van der Waals surface area contributed by atoms with Crippen molar-refractivity contribution < 1.29 is 4.42 Å². The number of rotatable bonds is 4. The molecular formula is C43H48ClNO. The zero-order chi connectivity index (χ0) is 32.8. The molecule has 2 nitrogen and oxygen atoms in total. The minimum Gasteiger partial charge on any atom is -0.462 e. The van der Waals surface area contributed by atoms with Crippen molar-refractivity contribution in [2.24, 2.45) is 0 Å². The molecule has 0 fully saturated rings. The molecule has 0 spiro atoms. The molecule has 0 amide bonds. The Balaban J connectivity index is 1.52. The van der Waals surface area contributed by atoms with Crippen LogP contribution in [0.25, 0.3) is 22.1 Å². The van der Waals surface area contributed by atoms with Gasteiger partial charge in [-0.15, -0.1) is 0 Å². The Morgan fingerprint density at radius 2 is 1.13 bits per heavy atom. The molecule has 0 saturated heterocycles. The summed E-state index contributed by atoms with van der Waals surface area (Å²) in [5.41, 5.74) is 13.8. The molecule has 0 radical (unpaired) electrons. The van der Waals surface area contributed by atoms with Crippen molar-refractivity contribution in [3.8, 4) is 11.1 Å². The summed E-state index contributed by atoms with van der Waals surface area (Å²) in [4.78, 5) is 2.41. The maximum absolute atomic E-state index is 6.96. The van der Waals surface area contributed by atoms with Crippen LogP contribution in [0.15, 0.2) is 83.5 Å². The summed E-state index contributed by atoms with van der Waals surface area (Å²) in [5, 5.41) is 1.86. The lowest BCUT2D eigenvalue weighted by atomic mass is 9.62. The van der Waals surface area contributed by atoms with Crippen LogP contribution in [0.5, 0.6) is 0 Å². The number of hydrogen-bond acceptors (Lipinski definition) is 2. The maximum atomic E-state index is 6.96. The van der Waals surface area contributed by atoms with Crippen LogP contribution in [-0.4, -0.2) is 0 Å². The number of halogens is 1. The minimum absolute atomic E-state index is 0.0790. The molecule has 1 heterocycles. The van der Waals surface area contributed by atoms with Crippen LogP contribution in [-0.2, 0) is 21.7 Å². The molecule has 46 heavy (non-hydrogen) atoms. The van der Waals surface area contributed by atoms with Gasteiger partial charge >= 0.3 is 0 Å². The van der Waals surface area contributed by atoms with Crippen molar-refractivity contribution in [3.63, 3.8) is 0 Å². The lowest BCUT2D eigenvalue weighted by molar-refractivity contribution is 0.332. The first kappa shape index (κ1) is 31.1. The maximum Gasteiger partial charge on any atom is 0.136 e. The Morgan fingerprint density at radius 3 is 1.74 bits per heavy atom. The van der Waals surface area contributed by atoms with Crippen LogP contribution < -0.4 is 4.90 Å². The Labute approximate surface area is 280 Å². The molecule has 4 aromatic carbocycles. The molecule has 2 aliphatic carbocycles. The second-order valence-electron chi connectivity index (χ2n) is 16.6. The molecule has 0 aliphatic heterocycles. The van der Waals surface area contributed by atoms with E-state index >= 15 is 0 Å². The third-order valence-corrected chi connectivity index (χ3v) is 11.6. The average molecular weight is 630 g/mol. The highest BCUT2D eigenvalue weighted by Gasteiger charge is 2.40. The quantitative estimate of drug-likeness (QED) is 0.197. The summed E-state index contributed by atoms with van der Waals surface area (Å²) >= 11 is 6.96. The summed E-state index contributed by atoms with van der Waals surface area (Å²) in [6.45, 7) is 21.4. The van der Waals surface area contributed by atoms with E-state index in [4.69, 9.17) is 16.0 Å². The standard InChI is InChI=1S/C43H48ClNO/c1-27-19-33-35(42(6,7)17-15-40(33,2)3)24-37(27)45(31-21-29(20-30(44)22-31)28-13-11-10-12-14-28)38-26-46-39-25-36-34(23-32(38)39)41(4,5)16-18-43(36,8)9/h10-14,19-26H,15-18H2,1-9H3. The molecule has 0 saturated carbocycles. The van der Waals surface area contributed by atoms with E-state index in [1.165, 1.54) is 52.8 Å². The van der Waals surface area contributed by atoms with Gasteiger partial charge in [-0.2, -0.15) is 0 Å². The van der Waals surface area contributed by atoms with Gasteiger partial charge in [-0.1, -0.05) is 103 Å². The zero-order valence-corrected chi connectivity index (χ0v) is 29.8. The lowest BCUT2D eigenvalue weighted by Gasteiger charge is -2.43. The first-order valence-electron chi connectivity index (χ1n) is 17.0. The van der Waals surface area contributed by atoms with Gasteiger partial charge in [-0.05, 0) is 130 Å². The van der Waals surface area contributed by atoms with E-state index in [2.05, 4.69) is 140 Å². The number of furan rings is 1. The van der Waals surface area contributed by atoms with Gasteiger partial charge in [0.1, 0.15) is 11.8 Å². The van der Waals surface area contributed by atoms with Crippen molar-refractivity contribution >= 4 is 39.6 Å². The van der Waals surface area contributed by atoms with Gasteiger partial charge in [0, 0.05) is 21.8 Å². The van der Waals surface area contributed by atoms with Gasteiger partial charge in [0.15, 0.2) is 0 Å².